The quantitative estimate of drug-likeness (QED) is 0.0807. The van der Waals surface area contributed by atoms with E-state index in [0.717, 1.165) is 11.1 Å². The van der Waals surface area contributed by atoms with Crippen LogP contribution in [0.1, 0.15) is 72.6 Å². The second kappa shape index (κ2) is 14.7. The summed E-state index contributed by atoms with van der Waals surface area (Å²) in [7, 11) is 0. The normalized spacial score (nSPS) is 10.7. The Labute approximate surface area is 248 Å². The van der Waals surface area contributed by atoms with Gasteiger partial charge < -0.3 is 14.2 Å². The number of carbonyl (C=O) groups is 2. The highest BCUT2D eigenvalue weighted by molar-refractivity contribution is 6.09. The molecule has 0 bridgehead atoms. The van der Waals surface area contributed by atoms with Crippen molar-refractivity contribution in [3.63, 3.8) is 0 Å². The summed E-state index contributed by atoms with van der Waals surface area (Å²) in [6.07, 6.45) is 1.40. The molecule has 5 heteroatoms. The van der Waals surface area contributed by atoms with E-state index in [1.807, 2.05) is 81.4 Å². The van der Waals surface area contributed by atoms with E-state index in [1.54, 1.807) is 42.5 Å². The summed E-state index contributed by atoms with van der Waals surface area (Å²) in [6.45, 7) is 6.39. The molecule has 0 radical (unpaired) electrons. The second-order valence-corrected chi connectivity index (χ2v) is 10.9. The lowest BCUT2D eigenvalue weighted by atomic mass is 10.0. The molecule has 0 spiro atoms. The van der Waals surface area contributed by atoms with Gasteiger partial charge in [0.05, 0.1) is 5.56 Å². The molecular weight excluding hydrogens is 524 g/mol. The summed E-state index contributed by atoms with van der Waals surface area (Å²) < 4.78 is 17.3. The molecule has 0 saturated heterocycles. The van der Waals surface area contributed by atoms with Gasteiger partial charge in [0.25, 0.3) is 0 Å². The Bertz CT molecular complexity index is 1520. The predicted octanol–water partition coefficient (Wildman–Crippen LogP) is 7.94. The monoisotopic (exact) mass is 560 g/mol. The van der Waals surface area contributed by atoms with Gasteiger partial charge in [0.15, 0.2) is 5.78 Å². The first-order chi connectivity index (χ1) is 20.3. The van der Waals surface area contributed by atoms with Crippen LogP contribution in [0.25, 0.3) is 0 Å². The molecule has 0 aromatic heterocycles. The summed E-state index contributed by atoms with van der Waals surface area (Å²) in [6, 6.07) is 32.3. The van der Waals surface area contributed by atoms with Gasteiger partial charge in [-0.1, -0.05) is 72.5 Å². The summed E-state index contributed by atoms with van der Waals surface area (Å²) in [4.78, 5) is 25.4. The maximum absolute atomic E-state index is 13.4. The molecule has 0 amide bonds. The molecule has 0 aliphatic heterocycles. The van der Waals surface area contributed by atoms with Crippen molar-refractivity contribution in [1.29, 1.82) is 0 Å². The lowest BCUT2D eigenvalue weighted by Crippen LogP contribution is -2.23. The van der Waals surface area contributed by atoms with Crippen LogP contribution in [-0.2, 0) is 22.7 Å². The number of hydrogen-bond donors (Lipinski definition) is 0. The number of hydrogen-bond acceptors (Lipinski definition) is 5. The van der Waals surface area contributed by atoms with Gasteiger partial charge in [-0.25, -0.2) is 0 Å². The zero-order chi connectivity index (χ0) is 29.8. The first-order valence-corrected chi connectivity index (χ1v) is 14.1. The Morgan fingerprint density at radius 2 is 1.31 bits per heavy atom. The van der Waals surface area contributed by atoms with E-state index >= 15 is 0 Å². The van der Waals surface area contributed by atoms with Crippen LogP contribution in [0, 0.1) is 11.8 Å². The van der Waals surface area contributed by atoms with Gasteiger partial charge >= 0.3 is 5.97 Å². The van der Waals surface area contributed by atoms with Gasteiger partial charge in [-0.3, -0.25) is 9.59 Å². The first-order valence-electron chi connectivity index (χ1n) is 14.1. The van der Waals surface area contributed by atoms with Crippen molar-refractivity contribution in [1.82, 2.24) is 0 Å². The Kier molecular flexibility index (Phi) is 10.6. The average Bonchev–Trinajstić information content (AvgIpc) is 2.99. The standard InChI is InChI=1S/C37H36O5/c1-37(2,3)42-35(38)18-12-6-11-17-31-25-32(21-24-34(31)41-27-29-15-9-5-10-16-29)36(39)30-19-22-33(23-20-30)40-26-28-13-7-4-8-14-28/h4-5,7-10,13-16,19-25H,6,12,18,26-27H2,1-3H3. The fourth-order valence-corrected chi connectivity index (χ4v) is 4.11. The van der Waals surface area contributed by atoms with E-state index in [1.165, 1.54) is 0 Å². The zero-order valence-electron chi connectivity index (χ0n) is 24.4. The van der Waals surface area contributed by atoms with Crippen LogP contribution < -0.4 is 9.47 Å². The van der Waals surface area contributed by atoms with Gasteiger partial charge in [0.2, 0.25) is 0 Å². The van der Waals surface area contributed by atoms with Gasteiger partial charge in [-0.15, -0.1) is 0 Å². The Hall–Kier alpha value is -4.82. The minimum Gasteiger partial charge on any atom is -0.489 e. The summed E-state index contributed by atoms with van der Waals surface area (Å²) >= 11 is 0. The number of ketones is 1. The van der Waals surface area contributed by atoms with Crippen molar-refractivity contribution < 1.29 is 23.8 Å². The smallest absolute Gasteiger partial charge is 0.306 e. The van der Waals surface area contributed by atoms with Crippen LogP contribution in [0.4, 0.5) is 0 Å². The molecule has 0 aliphatic carbocycles. The molecule has 0 saturated carbocycles. The Morgan fingerprint density at radius 3 is 1.93 bits per heavy atom. The lowest BCUT2D eigenvalue weighted by Gasteiger charge is -2.19. The van der Waals surface area contributed by atoms with E-state index in [4.69, 9.17) is 14.2 Å². The molecule has 4 aromatic carbocycles. The fraction of sp³-hybridized carbons (Fsp3) is 0.243. The van der Waals surface area contributed by atoms with E-state index in [0.29, 0.717) is 60.7 Å². The van der Waals surface area contributed by atoms with E-state index < -0.39 is 5.60 Å². The maximum Gasteiger partial charge on any atom is 0.306 e. The molecule has 4 rings (SSSR count). The molecule has 214 valence electrons. The summed E-state index contributed by atoms with van der Waals surface area (Å²) in [5.41, 5.74) is 3.29. The molecule has 5 nitrogen and oxygen atoms in total. The Morgan fingerprint density at radius 1 is 0.714 bits per heavy atom. The number of rotatable bonds is 11. The Balaban J connectivity index is 1.45. The van der Waals surface area contributed by atoms with Crippen LogP contribution in [0.2, 0.25) is 0 Å². The third-order valence-electron chi connectivity index (χ3n) is 6.17. The largest absolute Gasteiger partial charge is 0.489 e. The first kappa shape index (κ1) is 30.1. The molecular formula is C37H36O5. The van der Waals surface area contributed by atoms with Crippen LogP contribution >= 0.6 is 0 Å². The van der Waals surface area contributed by atoms with Crippen LogP contribution in [0.15, 0.2) is 103 Å². The van der Waals surface area contributed by atoms with Gasteiger partial charge in [0, 0.05) is 24.0 Å². The van der Waals surface area contributed by atoms with Crippen LogP contribution in [-0.4, -0.2) is 17.4 Å². The third-order valence-corrected chi connectivity index (χ3v) is 6.17. The van der Waals surface area contributed by atoms with Gasteiger partial charge in [-0.2, -0.15) is 0 Å². The van der Waals surface area contributed by atoms with Crippen molar-refractivity contribution in [2.45, 2.75) is 58.8 Å². The number of esters is 1. The molecule has 0 unspecified atom stereocenters. The highest BCUT2D eigenvalue weighted by Crippen LogP contribution is 2.24. The van der Waals surface area contributed by atoms with Crippen molar-refractivity contribution in [2.75, 3.05) is 0 Å². The highest BCUT2D eigenvalue weighted by Gasteiger charge is 2.16. The number of benzene rings is 4. The van der Waals surface area contributed by atoms with E-state index in [-0.39, 0.29) is 11.8 Å². The predicted molar refractivity (Wildman–Crippen MR) is 164 cm³/mol. The van der Waals surface area contributed by atoms with Crippen molar-refractivity contribution in [3.05, 3.63) is 131 Å². The number of carbonyl (C=O) groups excluding carboxylic acids is 2. The van der Waals surface area contributed by atoms with E-state index in [2.05, 4.69) is 11.8 Å². The minimum atomic E-state index is -0.504. The number of unbranched alkanes of at least 4 members (excludes halogenated alkanes) is 1. The van der Waals surface area contributed by atoms with Crippen molar-refractivity contribution in [3.8, 4) is 23.3 Å². The topological polar surface area (TPSA) is 61.8 Å². The minimum absolute atomic E-state index is 0.118. The van der Waals surface area contributed by atoms with Gasteiger partial charge in [-0.05, 0) is 80.8 Å². The van der Waals surface area contributed by atoms with Crippen molar-refractivity contribution >= 4 is 11.8 Å². The molecule has 0 atom stereocenters. The molecule has 0 aliphatic rings. The molecule has 0 heterocycles. The second-order valence-electron chi connectivity index (χ2n) is 10.9. The number of ether oxygens (including phenoxy) is 3. The molecule has 4 aromatic rings. The molecule has 42 heavy (non-hydrogen) atoms. The van der Waals surface area contributed by atoms with Crippen LogP contribution in [0.5, 0.6) is 11.5 Å². The summed E-state index contributed by atoms with van der Waals surface area (Å²) in [5.74, 6) is 7.23. The molecule has 0 N–H and O–H groups in total. The maximum atomic E-state index is 13.4. The summed E-state index contributed by atoms with van der Waals surface area (Å²) in [5, 5.41) is 0. The van der Waals surface area contributed by atoms with Gasteiger partial charge in [0.1, 0.15) is 30.3 Å². The molecule has 0 fully saturated rings. The zero-order valence-corrected chi connectivity index (χ0v) is 24.4. The lowest BCUT2D eigenvalue weighted by molar-refractivity contribution is -0.154. The fourth-order valence-electron chi connectivity index (χ4n) is 4.11. The SMILES string of the molecule is CC(C)(C)OC(=O)CCCC#Cc1cc(C(=O)c2ccc(OCc3ccccc3)cc2)ccc1OCc1ccccc1. The highest BCUT2D eigenvalue weighted by atomic mass is 16.6. The average molecular weight is 561 g/mol. The van der Waals surface area contributed by atoms with E-state index in [9.17, 15) is 9.59 Å². The van der Waals surface area contributed by atoms with Crippen molar-refractivity contribution in [2.24, 2.45) is 0 Å². The third kappa shape index (κ3) is 9.67. The van der Waals surface area contributed by atoms with Crippen LogP contribution in [0.3, 0.4) is 0 Å².